The highest BCUT2D eigenvalue weighted by atomic mass is 16.3. The Bertz CT molecular complexity index is 3810. The van der Waals surface area contributed by atoms with Gasteiger partial charge in [0, 0.05) is 38.1 Å². The minimum absolute atomic E-state index is 0.534. The summed E-state index contributed by atoms with van der Waals surface area (Å²) in [4.78, 5) is 16.3. The minimum atomic E-state index is 0.534. The summed E-state index contributed by atoms with van der Waals surface area (Å²) >= 11 is 0. The Kier molecular flexibility index (Phi) is 6.95. The normalized spacial score (nSPS) is 12.0. The van der Waals surface area contributed by atoms with E-state index in [4.69, 9.17) is 19.4 Å². The number of hydrogen-bond donors (Lipinski definition) is 0. The van der Waals surface area contributed by atoms with E-state index in [1.165, 1.54) is 21.5 Å². The molecule has 3 heterocycles. The van der Waals surface area contributed by atoms with Crippen LogP contribution in [0.3, 0.4) is 0 Å². The molecule has 13 aromatic rings. The second-order valence-corrected chi connectivity index (χ2v) is 15.5. The molecule has 0 fully saturated rings. The first-order valence-electron chi connectivity index (χ1n) is 20.3. The summed E-state index contributed by atoms with van der Waals surface area (Å²) < 4.78 is 9.57. The second-order valence-electron chi connectivity index (χ2n) is 15.5. The first kappa shape index (κ1) is 32.9. The van der Waals surface area contributed by atoms with Crippen LogP contribution in [-0.4, -0.2) is 19.5 Å². The van der Waals surface area contributed by atoms with Gasteiger partial charge in [-0.1, -0.05) is 158 Å². The molecule has 278 valence electrons. The van der Waals surface area contributed by atoms with Crippen LogP contribution in [0.4, 0.5) is 0 Å². The number of nitrogens with zero attached hydrogens (tertiary/aromatic N) is 4. The number of fused-ring (bicyclic) bond motifs is 11. The van der Waals surface area contributed by atoms with E-state index in [2.05, 4.69) is 199 Å². The molecule has 0 aliphatic heterocycles. The van der Waals surface area contributed by atoms with Crippen molar-refractivity contribution in [3.05, 3.63) is 194 Å². The quantitative estimate of drug-likeness (QED) is 0.179. The Hall–Kier alpha value is -8.15. The SMILES string of the molecule is c1ccc2cc3c(cc2c1)c1ccccc1n3-c1ccc2c(oc3c4ccccc4ccc23)c1-c1nc(-c2cccc3ccccc23)nc(-c2cccc3ccccc23)n1. The molecule has 0 aliphatic carbocycles. The third kappa shape index (κ3) is 4.84. The van der Waals surface area contributed by atoms with Crippen LogP contribution in [0.2, 0.25) is 0 Å². The molecular formula is C55H32N4O. The lowest BCUT2D eigenvalue weighted by atomic mass is 10.0. The van der Waals surface area contributed by atoms with Gasteiger partial charge < -0.3 is 8.98 Å². The van der Waals surface area contributed by atoms with Crippen LogP contribution in [0.25, 0.3) is 127 Å². The molecule has 3 aromatic heterocycles. The summed E-state index contributed by atoms with van der Waals surface area (Å²) in [6.45, 7) is 0. The van der Waals surface area contributed by atoms with E-state index in [0.29, 0.717) is 17.5 Å². The standard InChI is InChI=1S/C55H32N4O/c1-2-17-37-32-49-46(31-36(37)16-1)41-23-9-10-26-47(41)59(49)48-30-29-43-42-28-27-35-15-5-8-22-40(35)51(42)60-52(43)50(48)55-57-53(44-24-11-18-33-13-3-6-20-38(33)44)56-54(58-55)45-25-12-19-34-14-4-7-21-39(34)45/h1-32H. The first-order chi connectivity index (χ1) is 29.7. The Morgan fingerprint density at radius 2 is 0.817 bits per heavy atom. The average Bonchev–Trinajstić information content (AvgIpc) is 3.85. The molecular weight excluding hydrogens is 733 g/mol. The number of aromatic nitrogens is 4. The lowest BCUT2D eigenvalue weighted by Gasteiger charge is -2.16. The van der Waals surface area contributed by atoms with E-state index in [9.17, 15) is 0 Å². The molecule has 0 bridgehead atoms. The molecule has 0 unspecified atom stereocenters. The zero-order valence-corrected chi connectivity index (χ0v) is 32.2. The van der Waals surface area contributed by atoms with Crippen LogP contribution in [-0.2, 0) is 0 Å². The van der Waals surface area contributed by atoms with Gasteiger partial charge in [-0.3, -0.25) is 0 Å². The maximum Gasteiger partial charge on any atom is 0.170 e. The van der Waals surface area contributed by atoms with Gasteiger partial charge in [0.1, 0.15) is 11.2 Å². The molecule has 0 amide bonds. The maximum atomic E-state index is 7.20. The number of para-hydroxylation sites is 1. The van der Waals surface area contributed by atoms with Crippen LogP contribution >= 0.6 is 0 Å². The van der Waals surface area contributed by atoms with Crippen LogP contribution in [0.15, 0.2) is 199 Å². The maximum absolute atomic E-state index is 7.20. The molecule has 0 N–H and O–H groups in total. The Morgan fingerprint density at radius 1 is 0.317 bits per heavy atom. The Morgan fingerprint density at radius 3 is 1.50 bits per heavy atom. The molecule has 0 aliphatic rings. The molecule has 0 spiro atoms. The van der Waals surface area contributed by atoms with Gasteiger partial charge in [0.25, 0.3) is 0 Å². The third-order valence-corrected chi connectivity index (χ3v) is 12.2. The van der Waals surface area contributed by atoms with Crippen molar-refractivity contribution in [2.24, 2.45) is 0 Å². The lowest BCUT2D eigenvalue weighted by Crippen LogP contribution is -2.04. The van der Waals surface area contributed by atoms with Crippen molar-refractivity contribution in [3.8, 4) is 39.9 Å². The van der Waals surface area contributed by atoms with Crippen molar-refractivity contribution in [3.63, 3.8) is 0 Å². The number of hydrogen-bond acceptors (Lipinski definition) is 4. The minimum Gasteiger partial charge on any atom is -0.455 e. The van der Waals surface area contributed by atoms with Gasteiger partial charge in [-0.05, 0) is 74.1 Å². The van der Waals surface area contributed by atoms with E-state index in [1.807, 2.05) is 0 Å². The largest absolute Gasteiger partial charge is 0.455 e. The highest BCUT2D eigenvalue weighted by Gasteiger charge is 2.26. The van der Waals surface area contributed by atoms with Crippen LogP contribution in [0, 0.1) is 0 Å². The topological polar surface area (TPSA) is 56.7 Å². The van der Waals surface area contributed by atoms with Crippen molar-refractivity contribution >= 4 is 86.8 Å². The molecule has 0 saturated heterocycles. The van der Waals surface area contributed by atoms with Crippen LogP contribution in [0.5, 0.6) is 0 Å². The summed E-state index contributed by atoms with van der Waals surface area (Å²) in [5.41, 5.74) is 7.34. The van der Waals surface area contributed by atoms with Gasteiger partial charge >= 0.3 is 0 Å². The van der Waals surface area contributed by atoms with Crippen molar-refractivity contribution in [1.29, 1.82) is 0 Å². The Labute approximate surface area is 343 Å². The first-order valence-corrected chi connectivity index (χ1v) is 20.3. The van der Waals surface area contributed by atoms with Crippen molar-refractivity contribution in [1.82, 2.24) is 19.5 Å². The van der Waals surface area contributed by atoms with E-state index < -0.39 is 0 Å². The molecule has 5 nitrogen and oxygen atoms in total. The molecule has 10 aromatic carbocycles. The van der Waals surface area contributed by atoms with E-state index >= 15 is 0 Å². The fraction of sp³-hybridized carbons (Fsp3) is 0. The predicted molar refractivity (Wildman–Crippen MR) is 248 cm³/mol. The monoisotopic (exact) mass is 764 g/mol. The third-order valence-electron chi connectivity index (χ3n) is 12.2. The highest BCUT2D eigenvalue weighted by molar-refractivity contribution is 6.19. The van der Waals surface area contributed by atoms with Crippen LogP contribution in [0.1, 0.15) is 0 Å². The van der Waals surface area contributed by atoms with Gasteiger partial charge in [0.05, 0.1) is 22.3 Å². The molecule has 5 heteroatoms. The summed E-state index contributed by atoms with van der Waals surface area (Å²) in [6, 6.07) is 68.5. The lowest BCUT2D eigenvalue weighted by molar-refractivity contribution is 0.673. The summed E-state index contributed by atoms with van der Waals surface area (Å²) in [5.74, 6) is 1.72. The number of rotatable bonds is 4. The van der Waals surface area contributed by atoms with Crippen LogP contribution < -0.4 is 0 Å². The highest BCUT2D eigenvalue weighted by Crippen LogP contribution is 2.45. The number of benzene rings is 10. The van der Waals surface area contributed by atoms with E-state index in [-0.39, 0.29) is 0 Å². The van der Waals surface area contributed by atoms with Gasteiger partial charge in [0.2, 0.25) is 0 Å². The zero-order valence-electron chi connectivity index (χ0n) is 32.2. The predicted octanol–water partition coefficient (Wildman–Crippen LogP) is 14.5. The zero-order chi connectivity index (χ0) is 39.3. The molecule has 13 rings (SSSR count). The summed E-state index contributed by atoms with van der Waals surface area (Å²) in [6.07, 6.45) is 0. The second kappa shape index (κ2) is 12.7. The Balaban J connectivity index is 1.21. The number of furan rings is 1. The summed E-state index contributed by atoms with van der Waals surface area (Å²) in [5, 5.41) is 13.3. The molecule has 60 heavy (non-hydrogen) atoms. The smallest absolute Gasteiger partial charge is 0.170 e. The molecule has 0 saturated carbocycles. The van der Waals surface area contributed by atoms with Gasteiger partial charge in [-0.25, -0.2) is 15.0 Å². The molecule has 0 atom stereocenters. The van der Waals surface area contributed by atoms with E-state index in [1.54, 1.807) is 0 Å². The summed E-state index contributed by atoms with van der Waals surface area (Å²) in [7, 11) is 0. The fourth-order valence-corrected chi connectivity index (χ4v) is 9.44. The van der Waals surface area contributed by atoms with Crippen molar-refractivity contribution in [2.45, 2.75) is 0 Å². The molecule has 0 radical (unpaired) electrons. The van der Waals surface area contributed by atoms with Crippen molar-refractivity contribution in [2.75, 3.05) is 0 Å². The fourth-order valence-electron chi connectivity index (χ4n) is 9.44. The van der Waals surface area contributed by atoms with Gasteiger partial charge in [0.15, 0.2) is 17.5 Å². The van der Waals surface area contributed by atoms with Gasteiger partial charge in [-0.2, -0.15) is 0 Å². The van der Waals surface area contributed by atoms with Gasteiger partial charge in [-0.15, -0.1) is 0 Å². The van der Waals surface area contributed by atoms with E-state index in [0.717, 1.165) is 87.7 Å². The van der Waals surface area contributed by atoms with Crippen molar-refractivity contribution < 1.29 is 4.42 Å². The average molecular weight is 765 g/mol.